The first-order chi connectivity index (χ1) is 15.0. The third kappa shape index (κ3) is 4.19. The molecular formula is C25H23N3O3. The van der Waals surface area contributed by atoms with Crippen LogP contribution in [0.4, 0.5) is 10.5 Å². The fourth-order valence-corrected chi connectivity index (χ4v) is 3.88. The third-order valence-electron chi connectivity index (χ3n) is 5.36. The highest BCUT2D eigenvalue weighted by atomic mass is 16.2. The minimum Gasteiger partial charge on any atom is -0.325 e. The Morgan fingerprint density at radius 2 is 1.61 bits per heavy atom. The Morgan fingerprint density at radius 1 is 0.935 bits per heavy atom. The van der Waals surface area contributed by atoms with Crippen LogP contribution in [-0.2, 0) is 21.5 Å². The minimum atomic E-state index is -1.26. The first-order valence-electron chi connectivity index (χ1n) is 10.1. The molecule has 1 heterocycles. The van der Waals surface area contributed by atoms with Crippen LogP contribution in [0.15, 0.2) is 84.9 Å². The van der Waals surface area contributed by atoms with E-state index in [1.54, 1.807) is 6.07 Å². The lowest BCUT2D eigenvalue weighted by molar-refractivity contribution is -0.134. The smallest absolute Gasteiger partial charge is 0.325 e. The van der Waals surface area contributed by atoms with Gasteiger partial charge in [-0.2, -0.15) is 0 Å². The van der Waals surface area contributed by atoms with E-state index in [-0.39, 0.29) is 6.54 Å². The number of aryl methyl sites for hydroxylation is 1. The van der Waals surface area contributed by atoms with Crippen LogP contribution in [0.5, 0.6) is 0 Å². The lowest BCUT2D eigenvalue weighted by Gasteiger charge is -2.27. The molecule has 0 saturated carbocycles. The van der Waals surface area contributed by atoms with Gasteiger partial charge in [-0.05, 0) is 35.7 Å². The number of carbonyl (C=O) groups is 3. The van der Waals surface area contributed by atoms with Gasteiger partial charge in [0.1, 0.15) is 6.54 Å². The van der Waals surface area contributed by atoms with Gasteiger partial charge in [0.05, 0.1) is 0 Å². The summed E-state index contributed by atoms with van der Waals surface area (Å²) >= 11 is 0. The summed E-state index contributed by atoms with van der Waals surface area (Å²) in [6.07, 6.45) is 0.290. The van der Waals surface area contributed by atoms with Crippen molar-refractivity contribution < 1.29 is 14.4 Å². The van der Waals surface area contributed by atoms with E-state index in [2.05, 4.69) is 10.6 Å². The van der Waals surface area contributed by atoms with Gasteiger partial charge in [-0.1, -0.05) is 72.8 Å². The van der Waals surface area contributed by atoms with Gasteiger partial charge in [0, 0.05) is 12.1 Å². The normalized spacial score (nSPS) is 18.0. The molecule has 1 atom stereocenters. The molecule has 2 N–H and O–H groups in total. The summed E-state index contributed by atoms with van der Waals surface area (Å²) < 4.78 is 0. The van der Waals surface area contributed by atoms with Crippen molar-refractivity contribution in [1.82, 2.24) is 10.2 Å². The number of amides is 4. The molecule has 1 saturated heterocycles. The Balaban J connectivity index is 1.60. The van der Waals surface area contributed by atoms with E-state index in [9.17, 15) is 14.4 Å². The number of urea groups is 1. The molecule has 1 unspecified atom stereocenters. The van der Waals surface area contributed by atoms with Crippen LogP contribution in [0.25, 0.3) is 0 Å². The van der Waals surface area contributed by atoms with Crippen molar-refractivity contribution in [2.75, 3.05) is 11.9 Å². The van der Waals surface area contributed by atoms with Gasteiger partial charge in [-0.25, -0.2) is 4.79 Å². The van der Waals surface area contributed by atoms with Crippen molar-refractivity contribution in [1.29, 1.82) is 0 Å². The zero-order valence-corrected chi connectivity index (χ0v) is 17.2. The molecule has 0 aromatic heterocycles. The van der Waals surface area contributed by atoms with Crippen molar-refractivity contribution in [3.63, 3.8) is 0 Å². The molecular weight excluding hydrogens is 390 g/mol. The molecule has 0 bridgehead atoms. The molecule has 4 rings (SSSR count). The Bertz CT molecular complexity index is 1120. The number of hydrogen-bond donors (Lipinski definition) is 2. The summed E-state index contributed by atoms with van der Waals surface area (Å²) in [5.41, 5.74) is 1.95. The van der Waals surface area contributed by atoms with Crippen LogP contribution in [0.2, 0.25) is 0 Å². The molecule has 3 aromatic carbocycles. The molecule has 1 aliphatic heterocycles. The molecule has 0 radical (unpaired) electrons. The molecule has 1 fully saturated rings. The Hall–Kier alpha value is -3.93. The average Bonchev–Trinajstić information content (AvgIpc) is 3.00. The summed E-state index contributed by atoms with van der Waals surface area (Å²) in [5.74, 6) is -0.871. The third-order valence-corrected chi connectivity index (χ3v) is 5.36. The number of imide groups is 1. The van der Waals surface area contributed by atoms with Gasteiger partial charge in [-0.3, -0.25) is 14.5 Å². The van der Waals surface area contributed by atoms with E-state index >= 15 is 0 Å². The standard InChI is InChI=1S/C25H23N3O3/c1-18-9-8-14-21(15-18)26-22(29)17-28-23(30)25(27-24(28)31,20-12-6-3-7-13-20)16-19-10-4-2-5-11-19/h2-15H,16-17H2,1H3,(H,26,29)(H,27,31). The molecule has 6 heteroatoms. The van der Waals surface area contributed by atoms with E-state index in [1.807, 2.05) is 85.8 Å². The van der Waals surface area contributed by atoms with E-state index in [1.165, 1.54) is 0 Å². The van der Waals surface area contributed by atoms with Crippen LogP contribution < -0.4 is 10.6 Å². The summed E-state index contributed by atoms with van der Waals surface area (Å²) in [6, 6.07) is 25.4. The quantitative estimate of drug-likeness (QED) is 0.606. The molecule has 4 amide bonds. The molecule has 0 spiro atoms. The lowest BCUT2D eigenvalue weighted by Crippen LogP contribution is -2.46. The fourth-order valence-electron chi connectivity index (χ4n) is 3.88. The SMILES string of the molecule is Cc1cccc(NC(=O)CN2C(=O)NC(Cc3ccccc3)(c3ccccc3)C2=O)c1. The van der Waals surface area contributed by atoms with Crippen molar-refractivity contribution in [2.45, 2.75) is 18.9 Å². The van der Waals surface area contributed by atoms with Crippen LogP contribution in [0.3, 0.4) is 0 Å². The van der Waals surface area contributed by atoms with Crippen LogP contribution >= 0.6 is 0 Å². The Morgan fingerprint density at radius 3 is 2.29 bits per heavy atom. The van der Waals surface area contributed by atoms with Gasteiger partial charge >= 0.3 is 6.03 Å². The topological polar surface area (TPSA) is 78.5 Å². The predicted molar refractivity (Wildman–Crippen MR) is 118 cm³/mol. The first-order valence-corrected chi connectivity index (χ1v) is 10.1. The van der Waals surface area contributed by atoms with Crippen molar-refractivity contribution in [3.8, 4) is 0 Å². The highest BCUT2D eigenvalue weighted by Crippen LogP contribution is 2.33. The number of nitrogens with one attached hydrogen (secondary N) is 2. The molecule has 0 aliphatic carbocycles. The average molecular weight is 413 g/mol. The molecule has 3 aromatic rings. The summed E-state index contributed by atoms with van der Waals surface area (Å²) in [5, 5.41) is 5.62. The number of rotatable bonds is 6. The van der Waals surface area contributed by atoms with E-state index < -0.39 is 23.4 Å². The van der Waals surface area contributed by atoms with Crippen molar-refractivity contribution in [2.24, 2.45) is 0 Å². The van der Waals surface area contributed by atoms with Gasteiger partial charge in [0.15, 0.2) is 5.54 Å². The molecule has 6 nitrogen and oxygen atoms in total. The van der Waals surface area contributed by atoms with Gasteiger partial charge in [0.2, 0.25) is 5.91 Å². The highest BCUT2D eigenvalue weighted by Gasteiger charge is 2.52. The van der Waals surface area contributed by atoms with Gasteiger partial charge < -0.3 is 10.6 Å². The number of hydrogen-bond acceptors (Lipinski definition) is 3. The lowest BCUT2D eigenvalue weighted by atomic mass is 9.83. The van der Waals surface area contributed by atoms with Crippen LogP contribution in [-0.4, -0.2) is 29.3 Å². The largest absolute Gasteiger partial charge is 0.325 e. The summed E-state index contributed by atoms with van der Waals surface area (Å²) in [4.78, 5) is 39.9. The second kappa shape index (κ2) is 8.44. The monoisotopic (exact) mass is 413 g/mol. The summed E-state index contributed by atoms with van der Waals surface area (Å²) in [7, 11) is 0. The number of benzene rings is 3. The van der Waals surface area contributed by atoms with Crippen molar-refractivity contribution in [3.05, 3.63) is 102 Å². The highest BCUT2D eigenvalue weighted by molar-refractivity contribution is 6.10. The second-order valence-electron chi connectivity index (χ2n) is 7.67. The Kier molecular flexibility index (Phi) is 5.54. The van der Waals surface area contributed by atoms with E-state index in [0.29, 0.717) is 17.7 Å². The zero-order valence-electron chi connectivity index (χ0n) is 17.2. The number of anilines is 1. The molecule has 31 heavy (non-hydrogen) atoms. The number of carbonyl (C=O) groups excluding carboxylic acids is 3. The van der Waals surface area contributed by atoms with Crippen molar-refractivity contribution >= 4 is 23.5 Å². The number of nitrogens with zero attached hydrogens (tertiary/aromatic N) is 1. The molecule has 156 valence electrons. The zero-order chi connectivity index (χ0) is 21.8. The predicted octanol–water partition coefficient (Wildman–Crippen LogP) is 3.62. The Labute approximate surface area is 180 Å². The minimum absolute atomic E-state index is 0.290. The second-order valence-corrected chi connectivity index (χ2v) is 7.67. The van der Waals surface area contributed by atoms with Crippen LogP contribution in [0.1, 0.15) is 16.7 Å². The molecule has 1 aliphatic rings. The maximum atomic E-state index is 13.5. The van der Waals surface area contributed by atoms with Crippen LogP contribution in [0, 0.1) is 6.92 Å². The van der Waals surface area contributed by atoms with E-state index in [4.69, 9.17) is 0 Å². The fraction of sp³-hybridized carbons (Fsp3) is 0.160. The van der Waals surface area contributed by atoms with E-state index in [0.717, 1.165) is 16.0 Å². The first kappa shape index (κ1) is 20.3. The maximum absolute atomic E-state index is 13.5. The maximum Gasteiger partial charge on any atom is 0.325 e. The van der Waals surface area contributed by atoms with Gasteiger partial charge in [0.25, 0.3) is 5.91 Å². The summed E-state index contributed by atoms with van der Waals surface area (Å²) in [6.45, 7) is 1.56. The van der Waals surface area contributed by atoms with Gasteiger partial charge in [-0.15, -0.1) is 0 Å².